The molecule has 3 aromatic rings. The van der Waals surface area contributed by atoms with Crippen molar-refractivity contribution in [3.8, 4) is 10.4 Å². The third-order valence-corrected chi connectivity index (χ3v) is 5.42. The molecule has 1 fully saturated rings. The van der Waals surface area contributed by atoms with Crippen molar-refractivity contribution in [3.63, 3.8) is 0 Å². The minimum Gasteiger partial charge on any atom is -0.316 e. The topological polar surface area (TPSA) is 54.9 Å². The van der Waals surface area contributed by atoms with Crippen LogP contribution in [0.25, 0.3) is 21.2 Å². The minimum absolute atomic E-state index is 0.139. The van der Waals surface area contributed by atoms with E-state index in [0.29, 0.717) is 12.2 Å². The van der Waals surface area contributed by atoms with Crippen molar-refractivity contribution in [2.45, 2.75) is 19.3 Å². The van der Waals surface area contributed by atoms with Crippen molar-refractivity contribution in [2.24, 2.45) is 5.92 Å². The zero-order valence-electron chi connectivity index (χ0n) is 13.4. The maximum absolute atomic E-state index is 12.5. The molecule has 0 saturated carbocycles. The Balaban J connectivity index is 1.58. The van der Waals surface area contributed by atoms with Crippen LogP contribution in [0.2, 0.25) is 0 Å². The molecule has 1 atom stereocenters. The number of thiazole rings is 1. The van der Waals surface area contributed by atoms with Crippen molar-refractivity contribution >= 4 is 27.9 Å². The molecule has 4 nitrogen and oxygen atoms in total. The molecular weight excluding hydrogens is 318 g/mol. The normalized spacial score (nSPS) is 17.9. The lowest BCUT2D eigenvalue weighted by molar-refractivity contribution is -0.122. The Morgan fingerprint density at radius 1 is 1.25 bits per heavy atom. The molecule has 1 N–H and O–H groups in total. The number of carbonyl (C=O) groups excluding carboxylic acids is 1. The number of rotatable bonds is 4. The molecule has 0 aliphatic carbocycles. The fourth-order valence-corrected chi connectivity index (χ4v) is 3.86. The second-order valence-corrected chi connectivity index (χ2v) is 7.18. The van der Waals surface area contributed by atoms with E-state index in [2.05, 4.69) is 33.5 Å². The number of piperidine rings is 1. The summed E-state index contributed by atoms with van der Waals surface area (Å²) in [6, 6.07) is 8.37. The van der Waals surface area contributed by atoms with Gasteiger partial charge in [0.05, 0.1) is 10.4 Å². The van der Waals surface area contributed by atoms with Crippen LogP contribution in [-0.2, 0) is 11.2 Å². The molecule has 0 bridgehead atoms. The van der Waals surface area contributed by atoms with Gasteiger partial charge in [0.2, 0.25) is 0 Å². The average molecular weight is 337 g/mol. The lowest BCUT2D eigenvalue weighted by atomic mass is 9.92. The summed E-state index contributed by atoms with van der Waals surface area (Å²) in [7, 11) is 0. The van der Waals surface area contributed by atoms with E-state index in [4.69, 9.17) is 0 Å². The first-order valence-electron chi connectivity index (χ1n) is 8.30. The van der Waals surface area contributed by atoms with Gasteiger partial charge in [-0.15, -0.1) is 11.3 Å². The fourth-order valence-electron chi connectivity index (χ4n) is 3.24. The predicted octanol–water partition coefficient (Wildman–Crippen LogP) is 3.47. The molecule has 24 heavy (non-hydrogen) atoms. The minimum atomic E-state index is 0.139. The smallest absolute Gasteiger partial charge is 0.143 e. The van der Waals surface area contributed by atoms with E-state index < -0.39 is 0 Å². The molecule has 1 aliphatic heterocycles. The number of nitrogens with one attached hydrogen (secondary N) is 1. The highest BCUT2D eigenvalue weighted by molar-refractivity contribution is 7.13. The van der Waals surface area contributed by atoms with Gasteiger partial charge >= 0.3 is 0 Å². The summed E-state index contributed by atoms with van der Waals surface area (Å²) < 4.78 is 0. The molecule has 0 unspecified atom stereocenters. The first-order valence-corrected chi connectivity index (χ1v) is 9.18. The second kappa shape index (κ2) is 6.79. The van der Waals surface area contributed by atoms with Gasteiger partial charge < -0.3 is 5.32 Å². The molecule has 1 saturated heterocycles. The Morgan fingerprint density at radius 3 is 3.00 bits per heavy atom. The molecule has 2 aromatic heterocycles. The van der Waals surface area contributed by atoms with E-state index >= 15 is 0 Å². The summed E-state index contributed by atoms with van der Waals surface area (Å²) in [5.41, 5.74) is 3.86. The zero-order chi connectivity index (χ0) is 16.4. The first kappa shape index (κ1) is 15.4. The van der Waals surface area contributed by atoms with Crippen LogP contribution in [0, 0.1) is 5.92 Å². The van der Waals surface area contributed by atoms with Gasteiger partial charge in [0.15, 0.2) is 0 Å². The monoisotopic (exact) mass is 337 g/mol. The summed E-state index contributed by atoms with van der Waals surface area (Å²) in [5, 5.41) is 5.53. The fraction of sp³-hybridized carbons (Fsp3) is 0.316. The number of benzene rings is 1. The zero-order valence-corrected chi connectivity index (χ0v) is 14.2. The Labute approximate surface area is 145 Å². The van der Waals surface area contributed by atoms with E-state index in [1.54, 1.807) is 11.3 Å². The summed E-state index contributed by atoms with van der Waals surface area (Å²) in [5.74, 6) is 0.437. The summed E-state index contributed by atoms with van der Waals surface area (Å²) in [4.78, 5) is 22.2. The number of nitrogens with zero attached hydrogens (tertiary/aromatic N) is 2. The SMILES string of the molecule is O=C(Cc1cc2cc(-c3cncs3)ccc2cn1)[C@H]1CCCNC1. The highest BCUT2D eigenvalue weighted by Gasteiger charge is 2.21. The third-order valence-electron chi connectivity index (χ3n) is 4.60. The molecule has 122 valence electrons. The van der Waals surface area contributed by atoms with Gasteiger partial charge in [-0.05, 0) is 42.5 Å². The summed E-state index contributed by atoms with van der Waals surface area (Å²) in [6.07, 6.45) is 6.25. The number of hydrogen-bond acceptors (Lipinski definition) is 5. The van der Waals surface area contributed by atoms with Gasteiger partial charge in [-0.2, -0.15) is 0 Å². The number of ketones is 1. The number of fused-ring (bicyclic) bond motifs is 1. The first-order chi connectivity index (χ1) is 11.8. The van der Waals surface area contributed by atoms with Gasteiger partial charge in [-0.25, -0.2) is 0 Å². The lowest BCUT2D eigenvalue weighted by Crippen LogP contribution is -2.35. The predicted molar refractivity (Wildman–Crippen MR) is 97.2 cm³/mol. The van der Waals surface area contributed by atoms with E-state index in [0.717, 1.165) is 52.8 Å². The van der Waals surface area contributed by atoms with E-state index in [9.17, 15) is 4.79 Å². The van der Waals surface area contributed by atoms with Gasteiger partial charge in [0.1, 0.15) is 5.78 Å². The van der Waals surface area contributed by atoms with Crippen molar-refractivity contribution in [1.82, 2.24) is 15.3 Å². The van der Waals surface area contributed by atoms with Crippen LogP contribution in [0.5, 0.6) is 0 Å². The standard InChI is InChI=1S/C19H19N3OS/c23-18(15-2-1-5-20-9-15)8-17-7-16-6-13(19-11-21-12-24-19)3-4-14(16)10-22-17/h3-4,6-7,10-12,15,20H,1-2,5,8-9H2/t15-/m0/s1. The van der Waals surface area contributed by atoms with Gasteiger partial charge in [-0.1, -0.05) is 12.1 Å². The second-order valence-electron chi connectivity index (χ2n) is 6.29. The van der Waals surface area contributed by atoms with Crippen LogP contribution in [0.4, 0.5) is 0 Å². The summed E-state index contributed by atoms with van der Waals surface area (Å²) in [6.45, 7) is 1.83. The van der Waals surface area contributed by atoms with Crippen molar-refractivity contribution < 1.29 is 4.79 Å². The number of hydrogen-bond donors (Lipinski definition) is 1. The molecule has 5 heteroatoms. The van der Waals surface area contributed by atoms with Gasteiger partial charge in [0.25, 0.3) is 0 Å². The Hall–Kier alpha value is -2.11. The molecule has 1 aliphatic rings. The number of carbonyl (C=O) groups is 1. The number of pyridine rings is 1. The lowest BCUT2D eigenvalue weighted by Gasteiger charge is -2.21. The Kier molecular flexibility index (Phi) is 4.36. The van der Waals surface area contributed by atoms with Crippen LogP contribution in [0.15, 0.2) is 42.2 Å². The van der Waals surface area contributed by atoms with Crippen LogP contribution in [0.3, 0.4) is 0 Å². The molecule has 4 rings (SSSR count). The van der Waals surface area contributed by atoms with Crippen molar-refractivity contribution in [1.29, 1.82) is 0 Å². The molecule has 0 amide bonds. The number of aromatic nitrogens is 2. The van der Waals surface area contributed by atoms with Gasteiger partial charge in [0, 0.05) is 42.4 Å². The molecule has 1 aromatic carbocycles. The quantitative estimate of drug-likeness (QED) is 0.792. The van der Waals surface area contributed by atoms with Gasteiger partial charge in [-0.3, -0.25) is 14.8 Å². The molecule has 0 radical (unpaired) electrons. The molecule has 3 heterocycles. The van der Waals surface area contributed by atoms with E-state index in [-0.39, 0.29) is 5.92 Å². The van der Waals surface area contributed by atoms with Crippen LogP contribution < -0.4 is 5.32 Å². The van der Waals surface area contributed by atoms with Crippen molar-refractivity contribution in [3.05, 3.63) is 47.9 Å². The Morgan fingerprint density at radius 2 is 2.21 bits per heavy atom. The molecule has 0 spiro atoms. The third kappa shape index (κ3) is 3.23. The van der Waals surface area contributed by atoms with Crippen LogP contribution in [0.1, 0.15) is 18.5 Å². The van der Waals surface area contributed by atoms with Crippen LogP contribution in [-0.4, -0.2) is 28.8 Å². The Bertz CT molecular complexity index is 854. The maximum Gasteiger partial charge on any atom is 0.143 e. The van der Waals surface area contributed by atoms with E-state index in [1.807, 2.05) is 24.0 Å². The highest BCUT2D eigenvalue weighted by Crippen LogP contribution is 2.27. The van der Waals surface area contributed by atoms with Crippen LogP contribution >= 0.6 is 11.3 Å². The summed E-state index contributed by atoms with van der Waals surface area (Å²) >= 11 is 1.63. The molecular formula is C19H19N3OS. The highest BCUT2D eigenvalue weighted by atomic mass is 32.1. The van der Waals surface area contributed by atoms with E-state index in [1.165, 1.54) is 0 Å². The van der Waals surface area contributed by atoms with Crippen molar-refractivity contribution in [2.75, 3.05) is 13.1 Å². The largest absolute Gasteiger partial charge is 0.316 e. The average Bonchev–Trinajstić information content (AvgIpc) is 3.16. The maximum atomic E-state index is 12.5. The number of Topliss-reactive ketones (excluding diaryl/α,β-unsaturated/α-hetero) is 1.